The summed E-state index contributed by atoms with van der Waals surface area (Å²) in [5, 5.41) is 3.90. The Morgan fingerprint density at radius 3 is 2.05 bits per heavy atom. The fourth-order valence-electron chi connectivity index (χ4n) is 6.56. The largest absolute Gasteiger partial charge is 0.295 e. The number of rotatable bonds is 3. The Morgan fingerprint density at radius 1 is 0.488 bits per heavy atom. The molecule has 9 rings (SSSR count). The molecule has 0 N–H and O–H groups in total. The second kappa shape index (κ2) is 8.76. The van der Waals surface area contributed by atoms with Crippen LogP contribution in [0.2, 0.25) is 0 Å². The van der Waals surface area contributed by atoms with Crippen molar-refractivity contribution < 1.29 is 0 Å². The lowest BCUT2D eigenvalue weighted by molar-refractivity contribution is 1.03. The topological polar surface area (TPSA) is 9.86 Å². The van der Waals surface area contributed by atoms with Gasteiger partial charge in [0.15, 0.2) is 0 Å². The van der Waals surface area contributed by atoms with E-state index in [9.17, 15) is 0 Å². The van der Waals surface area contributed by atoms with Gasteiger partial charge in [-0.05, 0) is 58.7 Å². The standard InChI is InChI=1S/C38H24N2S/c1-3-12-25(13-4-1)26-14-9-15-27(24-26)29-19-10-22-33-37(29)41-34-23-11-20-31-35-30-18-7-8-21-32(30)39(28-16-5-2-6-17-28)38(35)40(33)36(31)34/h1-24H. The summed E-state index contributed by atoms with van der Waals surface area (Å²) in [6.45, 7) is 0. The average molecular weight is 541 g/mol. The van der Waals surface area contributed by atoms with Crippen molar-refractivity contribution in [3.8, 4) is 33.6 Å². The van der Waals surface area contributed by atoms with Gasteiger partial charge in [-0.15, -0.1) is 0 Å². The van der Waals surface area contributed by atoms with E-state index in [0.717, 1.165) is 0 Å². The summed E-state index contributed by atoms with van der Waals surface area (Å²) in [5.74, 6) is 0. The second-order valence-corrected chi connectivity index (χ2v) is 11.6. The number of para-hydroxylation sites is 3. The second-order valence-electron chi connectivity index (χ2n) is 10.6. The molecule has 0 saturated heterocycles. The summed E-state index contributed by atoms with van der Waals surface area (Å²) in [6.07, 6.45) is 0. The van der Waals surface area contributed by atoms with Gasteiger partial charge in [0.25, 0.3) is 0 Å². The minimum Gasteiger partial charge on any atom is -0.295 e. The van der Waals surface area contributed by atoms with Gasteiger partial charge in [-0.2, -0.15) is 0 Å². The van der Waals surface area contributed by atoms with Crippen LogP contribution in [0.4, 0.5) is 0 Å². The highest BCUT2D eigenvalue weighted by atomic mass is 32.2. The van der Waals surface area contributed by atoms with Gasteiger partial charge in [-0.3, -0.25) is 9.13 Å². The number of hydrogen-bond acceptors (Lipinski definition) is 1. The average Bonchev–Trinajstić information content (AvgIpc) is 3.56. The van der Waals surface area contributed by atoms with E-state index in [1.165, 1.54) is 76.3 Å². The molecule has 3 heterocycles. The molecule has 6 aromatic carbocycles. The Kier molecular flexibility index (Phi) is 4.87. The maximum Gasteiger partial charge on any atom is 0.131 e. The van der Waals surface area contributed by atoms with Crippen molar-refractivity contribution in [3.63, 3.8) is 0 Å². The van der Waals surface area contributed by atoms with Gasteiger partial charge in [0.1, 0.15) is 5.65 Å². The molecule has 8 aromatic rings. The molecular weight excluding hydrogens is 516 g/mol. The van der Waals surface area contributed by atoms with E-state index in [2.05, 4.69) is 155 Å². The van der Waals surface area contributed by atoms with Crippen LogP contribution >= 0.6 is 11.8 Å². The predicted molar refractivity (Wildman–Crippen MR) is 173 cm³/mol. The van der Waals surface area contributed by atoms with Gasteiger partial charge in [0.2, 0.25) is 0 Å². The highest BCUT2D eigenvalue weighted by Crippen LogP contribution is 2.51. The lowest BCUT2D eigenvalue weighted by atomic mass is 9.98. The molecule has 0 spiro atoms. The van der Waals surface area contributed by atoms with Crippen LogP contribution in [0.15, 0.2) is 155 Å². The minimum atomic E-state index is 1.17. The maximum absolute atomic E-state index is 2.52. The molecule has 41 heavy (non-hydrogen) atoms. The smallest absolute Gasteiger partial charge is 0.131 e. The molecule has 0 saturated carbocycles. The summed E-state index contributed by atoms with van der Waals surface area (Å²) in [5.41, 5.74) is 11.1. The molecule has 2 aromatic heterocycles. The van der Waals surface area contributed by atoms with Gasteiger partial charge in [-0.1, -0.05) is 121 Å². The monoisotopic (exact) mass is 540 g/mol. The first kappa shape index (κ1) is 22.8. The molecule has 1 aliphatic heterocycles. The Hall–Kier alpha value is -4.99. The first-order valence-corrected chi connectivity index (χ1v) is 14.8. The van der Waals surface area contributed by atoms with Crippen molar-refractivity contribution in [2.75, 3.05) is 0 Å². The van der Waals surface area contributed by atoms with E-state index in [4.69, 9.17) is 0 Å². The molecule has 0 atom stereocenters. The van der Waals surface area contributed by atoms with Gasteiger partial charge in [0.05, 0.1) is 16.7 Å². The van der Waals surface area contributed by atoms with Crippen molar-refractivity contribution in [1.29, 1.82) is 0 Å². The first-order valence-electron chi connectivity index (χ1n) is 14.0. The lowest BCUT2D eigenvalue weighted by Gasteiger charge is -2.23. The Morgan fingerprint density at radius 2 is 1.17 bits per heavy atom. The molecule has 0 unspecified atom stereocenters. The maximum atomic E-state index is 2.52. The van der Waals surface area contributed by atoms with Crippen LogP contribution in [0, 0.1) is 0 Å². The van der Waals surface area contributed by atoms with Gasteiger partial charge < -0.3 is 0 Å². The van der Waals surface area contributed by atoms with Crippen LogP contribution in [0.25, 0.3) is 66.5 Å². The highest BCUT2D eigenvalue weighted by Gasteiger charge is 2.29. The normalized spacial score (nSPS) is 12.3. The fourth-order valence-corrected chi connectivity index (χ4v) is 7.79. The summed E-state index contributed by atoms with van der Waals surface area (Å²) < 4.78 is 4.96. The van der Waals surface area contributed by atoms with Gasteiger partial charge in [0, 0.05) is 31.6 Å². The van der Waals surface area contributed by atoms with E-state index < -0.39 is 0 Å². The Labute approximate surface area is 242 Å². The summed E-state index contributed by atoms with van der Waals surface area (Å²) in [4.78, 5) is 2.58. The third-order valence-electron chi connectivity index (χ3n) is 8.30. The molecule has 0 radical (unpaired) electrons. The van der Waals surface area contributed by atoms with Gasteiger partial charge in [-0.25, -0.2) is 0 Å². The summed E-state index contributed by atoms with van der Waals surface area (Å²) in [7, 11) is 0. The molecule has 0 fully saturated rings. The lowest BCUT2D eigenvalue weighted by Crippen LogP contribution is -2.06. The Bertz CT molecular complexity index is 2270. The number of aromatic nitrogens is 2. The van der Waals surface area contributed by atoms with E-state index >= 15 is 0 Å². The molecule has 0 amide bonds. The van der Waals surface area contributed by atoms with Crippen LogP contribution in [0.3, 0.4) is 0 Å². The molecule has 2 nitrogen and oxygen atoms in total. The highest BCUT2D eigenvalue weighted by molar-refractivity contribution is 8.00. The predicted octanol–water partition coefficient (Wildman–Crippen LogP) is 10.5. The molecule has 1 aliphatic rings. The van der Waals surface area contributed by atoms with E-state index in [0.29, 0.717) is 0 Å². The number of fused-ring (bicyclic) bond motifs is 7. The minimum absolute atomic E-state index is 1.17. The van der Waals surface area contributed by atoms with Crippen LogP contribution in [-0.4, -0.2) is 9.13 Å². The SMILES string of the molecule is c1ccc(-c2cccc(-c3cccc4c3Sc3cccc5c6c7ccccc7n(-c7ccccc7)c6n-4c35)c2)cc1. The molecule has 0 bridgehead atoms. The summed E-state index contributed by atoms with van der Waals surface area (Å²) >= 11 is 1.89. The summed E-state index contributed by atoms with van der Waals surface area (Å²) in [6, 6.07) is 52.7. The Balaban J connectivity index is 1.38. The van der Waals surface area contributed by atoms with Gasteiger partial charge >= 0.3 is 0 Å². The third-order valence-corrected chi connectivity index (χ3v) is 9.48. The molecule has 0 aliphatic carbocycles. The zero-order chi connectivity index (χ0) is 26.9. The van der Waals surface area contributed by atoms with E-state index in [-0.39, 0.29) is 0 Å². The van der Waals surface area contributed by atoms with Crippen molar-refractivity contribution >= 4 is 44.6 Å². The van der Waals surface area contributed by atoms with E-state index in [1.807, 2.05) is 11.8 Å². The van der Waals surface area contributed by atoms with Crippen molar-refractivity contribution in [3.05, 3.63) is 146 Å². The zero-order valence-electron chi connectivity index (χ0n) is 22.2. The molecule has 192 valence electrons. The van der Waals surface area contributed by atoms with Crippen LogP contribution < -0.4 is 0 Å². The van der Waals surface area contributed by atoms with Crippen LogP contribution in [0.1, 0.15) is 0 Å². The van der Waals surface area contributed by atoms with Crippen molar-refractivity contribution in [1.82, 2.24) is 9.13 Å². The fraction of sp³-hybridized carbons (Fsp3) is 0. The quantitative estimate of drug-likeness (QED) is 0.217. The van der Waals surface area contributed by atoms with E-state index in [1.54, 1.807) is 0 Å². The molecule has 3 heteroatoms. The molecular formula is C38H24N2S. The zero-order valence-corrected chi connectivity index (χ0v) is 23.0. The number of benzene rings is 6. The number of nitrogens with zero attached hydrogens (tertiary/aromatic N) is 2. The van der Waals surface area contributed by atoms with Crippen molar-refractivity contribution in [2.24, 2.45) is 0 Å². The van der Waals surface area contributed by atoms with Crippen LogP contribution in [-0.2, 0) is 0 Å². The third kappa shape index (κ3) is 3.27. The van der Waals surface area contributed by atoms with Crippen molar-refractivity contribution in [2.45, 2.75) is 9.79 Å². The number of hydrogen-bond donors (Lipinski definition) is 0. The first-order chi connectivity index (χ1) is 20.4. The van der Waals surface area contributed by atoms with Crippen LogP contribution in [0.5, 0.6) is 0 Å².